The molecule has 108 valence electrons. The van der Waals surface area contributed by atoms with Crippen molar-refractivity contribution in [3.8, 4) is 0 Å². The maximum absolute atomic E-state index is 12.1. The maximum Gasteiger partial charge on any atom is 0.309 e. The third kappa shape index (κ3) is 3.18. The summed E-state index contributed by atoms with van der Waals surface area (Å²) < 4.78 is 0.623. The Kier molecular flexibility index (Phi) is 4.44. The Hall–Kier alpha value is -1.41. The van der Waals surface area contributed by atoms with E-state index in [2.05, 4.69) is 4.98 Å². The first-order chi connectivity index (χ1) is 9.38. The van der Waals surface area contributed by atoms with E-state index in [1.165, 1.54) is 28.0 Å². The van der Waals surface area contributed by atoms with Gasteiger partial charge in [0.05, 0.1) is 17.4 Å². The molecule has 1 fully saturated rings. The number of carboxylic acid groups (broad SMARTS) is 1. The first-order valence-corrected chi connectivity index (χ1v) is 7.83. The Balaban J connectivity index is 2.04. The maximum atomic E-state index is 12.1. The summed E-state index contributed by atoms with van der Waals surface area (Å²) in [5.41, 5.74) is 0.475. The van der Waals surface area contributed by atoms with Gasteiger partial charge in [0.15, 0.2) is 4.34 Å². The Morgan fingerprint density at radius 1 is 1.60 bits per heavy atom. The number of aliphatic carboxylic acids is 1. The first-order valence-electron chi connectivity index (χ1n) is 6.07. The predicted molar refractivity (Wildman–Crippen MR) is 74.7 cm³/mol. The molecule has 0 aliphatic carbocycles. The standard InChI is InChI=1S/C12H14N2O4S2/c1-6(2)14-9(15)4-8(11(14)18)20-12-13-7(5-19-12)3-10(16)17/h5-6,8H,3-4H2,1-2H3,(H,16,17). The van der Waals surface area contributed by atoms with Gasteiger partial charge < -0.3 is 5.11 Å². The number of hydrogen-bond acceptors (Lipinski definition) is 6. The fourth-order valence-electron chi connectivity index (χ4n) is 1.96. The lowest BCUT2D eigenvalue weighted by Gasteiger charge is -2.18. The Morgan fingerprint density at radius 2 is 2.30 bits per heavy atom. The molecule has 1 unspecified atom stereocenters. The number of hydrogen-bond donors (Lipinski definition) is 1. The molecule has 20 heavy (non-hydrogen) atoms. The van der Waals surface area contributed by atoms with Crippen molar-refractivity contribution in [3.63, 3.8) is 0 Å². The van der Waals surface area contributed by atoms with E-state index in [9.17, 15) is 14.4 Å². The van der Waals surface area contributed by atoms with Crippen LogP contribution in [0.15, 0.2) is 9.72 Å². The fraction of sp³-hybridized carbons (Fsp3) is 0.500. The van der Waals surface area contributed by atoms with Gasteiger partial charge >= 0.3 is 5.97 Å². The van der Waals surface area contributed by atoms with Gasteiger partial charge in [0.1, 0.15) is 0 Å². The number of carbonyl (C=O) groups is 3. The normalized spacial score (nSPS) is 19.1. The highest BCUT2D eigenvalue weighted by Crippen LogP contribution is 2.34. The van der Waals surface area contributed by atoms with Gasteiger partial charge in [0, 0.05) is 17.8 Å². The van der Waals surface area contributed by atoms with E-state index >= 15 is 0 Å². The second-order valence-corrected chi connectivity index (χ2v) is 6.99. The minimum Gasteiger partial charge on any atom is -0.481 e. The van der Waals surface area contributed by atoms with Crippen LogP contribution in [0.2, 0.25) is 0 Å². The monoisotopic (exact) mass is 314 g/mol. The van der Waals surface area contributed by atoms with Crippen LogP contribution >= 0.6 is 23.1 Å². The zero-order chi connectivity index (χ0) is 14.9. The molecule has 0 saturated carbocycles. The van der Waals surface area contributed by atoms with Crippen LogP contribution in [-0.4, -0.2) is 44.1 Å². The molecule has 2 rings (SSSR count). The number of imide groups is 1. The topological polar surface area (TPSA) is 87.6 Å². The number of thioether (sulfide) groups is 1. The van der Waals surface area contributed by atoms with Gasteiger partial charge in [-0.3, -0.25) is 19.3 Å². The highest BCUT2D eigenvalue weighted by atomic mass is 32.2. The molecule has 1 atom stereocenters. The number of rotatable bonds is 5. The van der Waals surface area contributed by atoms with Crippen LogP contribution in [0, 0.1) is 0 Å². The van der Waals surface area contributed by atoms with Gasteiger partial charge in [0.2, 0.25) is 11.8 Å². The fourth-order valence-corrected chi connectivity index (χ4v) is 4.07. The largest absolute Gasteiger partial charge is 0.481 e. The molecule has 1 aliphatic rings. The number of carboxylic acids is 1. The first kappa shape index (κ1) is 15.0. The molecular weight excluding hydrogens is 300 g/mol. The van der Waals surface area contributed by atoms with Crippen LogP contribution in [0.5, 0.6) is 0 Å². The molecule has 0 aromatic carbocycles. The van der Waals surface area contributed by atoms with Crippen molar-refractivity contribution < 1.29 is 19.5 Å². The van der Waals surface area contributed by atoms with Crippen molar-refractivity contribution in [2.45, 2.75) is 42.3 Å². The highest BCUT2D eigenvalue weighted by Gasteiger charge is 2.40. The molecule has 1 N–H and O–H groups in total. The van der Waals surface area contributed by atoms with Crippen LogP contribution in [0.1, 0.15) is 26.0 Å². The van der Waals surface area contributed by atoms with E-state index in [-0.39, 0.29) is 30.7 Å². The van der Waals surface area contributed by atoms with Crippen molar-refractivity contribution in [3.05, 3.63) is 11.1 Å². The van der Waals surface area contributed by atoms with Gasteiger partial charge in [-0.2, -0.15) is 0 Å². The molecule has 0 spiro atoms. The smallest absolute Gasteiger partial charge is 0.309 e. The second kappa shape index (κ2) is 5.92. The summed E-state index contributed by atoms with van der Waals surface area (Å²) in [6, 6.07) is -0.139. The lowest BCUT2D eigenvalue weighted by molar-refractivity contribution is -0.140. The van der Waals surface area contributed by atoms with Crippen molar-refractivity contribution in [1.29, 1.82) is 0 Å². The van der Waals surface area contributed by atoms with Gasteiger partial charge in [-0.1, -0.05) is 11.8 Å². The van der Waals surface area contributed by atoms with E-state index in [0.29, 0.717) is 10.0 Å². The van der Waals surface area contributed by atoms with Gasteiger partial charge in [-0.15, -0.1) is 11.3 Å². The summed E-state index contributed by atoms with van der Waals surface area (Å²) >= 11 is 2.53. The van der Waals surface area contributed by atoms with Crippen LogP contribution in [-0.2, 0) is 20.8 Å². The molecule has 8 heteroatoms. The predicted octanol–water partition coefficient (Wildman–Crippen LogP) is 1.40. The summed E-state index contributed by atoms with van der Waals surface area (Å²) in [5.74, 6) is -1.29. The summed E-state index contributed by atoms with van der Waals surface area (Å²) in [5, 5.41) is 9.90. The minimum atomic E-state index is -0.940. The summed E-state index contributed by atoms with van der Waals surface area (Å²) in [7, 11) is 0. The SMILES string of the molecule is CC(C)N1C(=O)CC(Sc2nc(CC(=O)O)cs2)C1=O. The molecule has 2 amide bonds. The number of thiazole rings is 1. The molecule has 1 saturated heterocycles. The van der Waals surface area contributed by atoms with E-state index in [1.807, 2.05) is 0 Å². The molecule has 0 radical (unpaired) electrons. The van der Waals surface area contributed by atoms with Crippen molar-refractivity contribution in [2.75, 3.05) is 0 Å². The van der Waals surface area contributed by atoms with Gasteiger partial charge in [-0.25, -0.2) is 4.98 Å². The Morgan fingerprint density at radius 3 is 2.85 bits per heavy atom. The molecule has 1 aromatic rings. The molecule has 0 bridgehead atoms. The van der Waals surface area contributed by atoms with Gasteiger partial charge in [-0.05, 0) is 13.8 Å². The quantitative estimate of drug-likeness (QED) is 0.827. The number of likely N-dealkylation sites (tertiary alicyclic amines) is 1. The summed E-state index contributed by atoms with van der Waals surface area (Å²) in [6.45, 7) is 3.61. The van der Waals surface area contributed by atoms with Crippen molar-refractivity contribution >= 4 is 40.9 Å². The molecule has 1 aromatic heterocycles. The molecule has 2 heterocycles. The van der Waals surface area contributed by atoms with Crippen LogP contribution < -0.4 is 0 Å². The number of nitrogens with zero attached hydrogens (tertiary/aromatic N) is 2. The third-order valence-corrected chi connectivity index (χ3v) is 4.97. The molecular formula is C12H14N2O4S2. The van der Waals surface area contributed by atoms with Gasteiger partial charge in [0.25, 0.3) is 0 Å². The Bertz CT molecular complexity index is 555. The van der Waals surface area contributed by atoms with Crippen molar-refractivity contribution in [1.82, 2.24) is 9.88 Å². The Labute approximate surface area is 124 Å². The van der Waals surface area contributed by atoms with E-state index < -0.39 is 11.2 Å². The highest BCUT2D eigenvalue weighted by molar-refractivity contribution is 8.02. The second-order valence-electron chi connectivity index (χ2n) is 4.68. The molecule has 6 nitrogen and oxygen atoms in total. The average Bonchev–Trinajstić information content (AvgIpc) is 2.84. The minimum absolute atomic E-state index is 0.132. The number of carbonyl (C=O) groups excluding carboxylic acids is 2. The lowest BCUT2D eigenvalue weighted by Crippen LogP contribution is -2.37. The number of amides is 2. The zero-order valence-electron chi connectivity index (χ0n) is 11.0. The van der Waals surface area contributed by atoms with E-state index in [0.717, 1.165) is 0 Å². The van der Waals surface area contributed by atoms with E-state index in [4.69, 9.17) is 5.11 Å². The van der Waals surface area contributed by atoms with Crippen molar-refractivity contribution in [2.24, 2.45) is 0 Å². The number of aromatic nitrogens is 1. The summed E-state index contributed by atoms with van der Waals surface area (Å²) in [4.78, 5) is 39.9. The van der Waals surface area contributed by atoms with Crippen LogP contribution in [0.25, 0.3) is 0 Å². The average molecular weight is 314 g/mol. The van der Waals surface area contributed by atoms with E-state index in [1.54, 1.807) is 19.2 Å². The summed E-state index contributed by atoms with van der Waals surface area (Å²) in [6.07, 6.45) is 0.0439. The molecule has 1 aliphatic heterocycles. The lowest BCUT2D eigenvalue weighted by atomic mass is 10.3. The zero-order valence-corrected chi connectivity index (χ0v) is 12.7. The third-order valence-electron chi connectivity index (χ3n) is 2.76. The van der Waals surface area contributed by atoms with Crippen LogP contribution in [0.4, 0.5) is 0 Å². The van der Waals surface area contributed by atoms with Crippen LogP contribution in [0.3, 0.4) is 0 Å².